The summed E-state index contributed by atoms with van der Waals surface area (Å²) < 4.78 is 0. The van der Waals surface area contributed by atoms with Crippen molar-refractivity contribution in [3.05, 3.63) is 37.5 Å². The fraction of sp³-hybridized carbons (Fsp3) is 0.364. The first kappa shape index (κ1) is 13.6. The average molecular weight is 209 g/mol. The zero-order valence-electron chi connectivity index (χ0n) is 9.25. The van der Waals surface area contributed by atoms with E-state index in [9.17, 15) is 4.79 Å². The summed E-state index contributed by atoms with van der Waals surface area (Å²) in [6.45, 7) is 13.7. The van der Waals surface area contributed by atoms with E-state index in [2.05, 4.69) is 30.6 Å². The van der Waals surface area contributed by atoms with Gasteiger partial charge in [0.15, 0.2) is 0 Å². The Hall–Kier alpha value is -1.39. The monoisotopic (exact) mass is 209 g/mol. The number of hydrogen-bond acceptors (Lipinski definition) is 3. The second-order valence-corrected chi connectivity index (χ2v) is 2.90. The van der Waals surface area contributed by atoms with Crippen LogP contribution in [-0.4, -0.2) is 24.1 Å². The van der Waals surface area contributed by atoms with E-state index >= 15 is 0 Å². The predicted octanol–water partition coefficient (Wildman–Crippen LogP) is 1.16. The molecule has 4 nitrogen and oxygen atoms in total. The van der Waals surface area contributed by atoms with Crippen LogP contribution in [0.25, 0.3) is 0 Å². The van der Waals surface area contributed by atoms with Gasteiger partial charge in [-0.2, -0.15) is 0 Å². The summed E-state index contributed by atoms with van der Waals surface area (Å²) in [5.41, 5.74) is 6.28. The summed E-state index contributed by atoms with van der Waals surface area (Å²) in [5.74, 6) is -0.166. The zero-order valence-corrected chi connectivity index (χ0v) is 9.25. The number of hydrogen-bond donors (Lipinski definition) is 2. The van der Waals surface area contributed by atoms with E-state index < -0.39 is 0 Å². The molecular formula is C11H19N3O. The molecule has 0 fully saturated rings. The summed E-state index contributed by atoms with van der Waals surface area (Å²) in [4.78, 5) is 11.7. The molecule has 0 spiro atoms. The fourth-order valence-corrected chi connectivity index (χ4v) is 0.821. The topological polar surface area (TPSA) is 44.4 Å². The van der Waals surface area contributed by atoms with Crippen molar-refractivity contribution in [3.8, 4) is 0 Å². The highest BCUT2D eigenvalue weighted by molar-refractivity contribution is 5.92. The number of carbonyl (C=O) groups is 1. The highest BCUT2D eigenvalue weighted by Gasteiger charge is 2.13. The summed E-state index contributed by atoms with van der Waals surface area (Å²) in [6, 6.07) is 0. The Labute approximate surface area is 91.3 Å². The average Bonchev–Trinajstić information content (AvgIpc) is 2.27. The van der Waals surface area contributed by atoms with Gasteiger partial charge >= 0.3 is 0 Å². The largest absolute Gasteiger partial charge is 0.278 e. The van der Waals surface area contributed by atoms with Crippen LogP contribution in [0.4, 0.5) is 0 Å². The molecule has 0 aliphatic heterocycles. The lowest BCUT2D eigenvalue weighted by Gasteiger charge is -2.23. The Morgan fingerprint density at radius 1 is 1.27 bits per heavy atom. The van der Waals surface area contributed by atoms with E-state index in [1.807, 2.05) is 6.92 Å². The number of rotatable bonds is 8. The molecule has 84 valence electrons. The van der Waals surface area contributed by atoms with Crippen molar-refractivity contribution in [2.45, 2.75) is 13.3 Å². The van der Waals surface area contributed by atoms with Crippen LogP contribution >= 0.6 is 0 Å². The van der Waals surface area contributed by atoms with Crippen molar-refractivity contribution in [1.29, 1.82) is 0 Å². The minimum Gasteiger partial charge on any atom is -0.267 e. The minimum absolute atomic E-state index is 0.166. The lowest BCUT2D eigenvalue weighted by atomic mass is 10.2. The van der Waals surface area contributed by atoms with Crippen molar-refractivity contribution in [2.24, 2.45) is 0 Å². The third-order valence-corrected chi connectivity index (χ3v) is 1.72. The molecule has 0 saturated heterocycles. The molecule has 15 heavy (non-hydrogen) atoms. The molecule has 0 aromatic rings. The van der Waals surface area contributed by atoms with Crippen molar-refractivity contribution >= 4 is 5.91 Å². The summed E-state index contributed by atoms with van der Waals surface area (Å²) >= 11 is 0. The normalized spacial score (nSPS) is 9.40. The first-order valence-electron chi connectivity index (χ1n) is 4.88. The standard InChI is InChI=1S/C11H19N3O/c1-5-8-12-14(13-9-6-2)11(15)10(4)7-3/h5-6,12-13H,1-2,4,7-9H2,3H3. The van der Waals surface area contributed by atoms with E-state index in [0.29, 0.717) is 25.1 Å². The SMILES string of the molecule is C=CCNN(NCC=C)C(=O)C(=C)CC. The van der Waals surface area contributed by atoms with Crippen LogP contribution in [0.2, 0.25) is 0 Å². The van der Waals surface area contributed by atoms with E-state index in [4.69, 9.17) is 0 Å². The van der Waals surface area contributed by atoms with Gasteiger partial charge in [0.2, 0.25) is 0 Å². The van der Waals surface area contributed by atoms with Crippen LogP contribution in [-0.2, 0) is 4.79 Å². The smallest absolute Gasteiger partial charge is 0.267 e. The van der Waals surface area contributed by atoms with Gasteiger partial charge < -0.3 is 0 Å². The van der Waals surface area contributed by atoms with Gasteiger partial charge in [0, 0.05) is 18.7 Å². The van der Waals surface area contributed by atoms with E-state index in [1.165, 1.54) is 5.12 Å². The third-order valence-electron chi connectivity index (χ3n) is 1.72. The summed E-state index contributed by atoms with van der Waals surface area (Å²) in [7, 11) is 0. The molecule has 0 rings (SSSR count). The number of carbonyl (C=O) groups excluding carboxylic acids is 1. The Morgan fingerprint density at radius 2 is 1.73 bits per heavy atom. The van der Waals surface area contributed by atoms with E-state index in [-0.39, 0.29) is 5.91 Å². The molecule has 0 aliphatic rings. The fourth-order valence-electron chi connectivity index (χ4n) is 0.821. The first-order valence-corrected chi connectivity index (χ1v) is 4.88. The Kier molecular flexibility index (Phi) is 7.23. The van der Waals surface area contributed by atoms with Gasteiger partial charge in [0.1, 0.15) is 0 Å². The number of amides is 1. The summed E-state index contributed by atoms with van der Waals surface area (Å²) in [6.07, 6.45) is 3.97. The van der Waals surface area contributed by atoms with Crippen molar-refractivity contribution in [2.75, 3.05) is 13.1 Å². The van der Waals surface area contributed by atoms with E-state index in [0.717, 1.165) is 0 Å². The van der Waals surface area contributed by atoms with Crippen LogP contribution in [0.5, 0.6) is 0 Å². The molecule has 0 saturated carbocycles. The maximum absolute atomic E-state index is 11.7. The predicted molar refractivity (Wildman–Crippen MR) is 62.7 cm³/mol. The van der Waals surface area contributed by atoms with Crippen LogP contribution in [0.3, 0.4) is 0 Å². The third kappa shape index (κ3) is 5.15. The zero-order chi connectivity index (χ0) is 11.7. The molecule has 0 heterocycles. The molecule has 0 radical (unpaired) electrons. The molecule has 0 aromatic carbocycles. The Morgan fingerprint density at radius 3 is 2.07 bits per heavy atom. The van der Waals surface area contributed by atoms with Crippen molar-refractivity contribution in [3.63, 3.8) is 0 Å². The van der Waals surface area contributed by atoms with Gasteiger partial charge in [-0.3, -0.25) is 4.79 Å². The first-order chi connectivity index (χ1) is 7.17. The van der Waals surface area contributed by atoms with Gasteiger partial charge in [-0.15, -0.1) is 13.2 Å². The van der Waals surface area contributed by atoms with Gasteiger partial charge in [0.05, 0.1) is 0 Å². The van der Waals surface area contributed by atoms with Gasteiger partial charge in [-0.1, -0.05) is 25.7 Å². The lowest BCUT2D eigenvalue weighted by molar-refractivity contribution is -0.133. The molecule has 0 aliphatic carbocycles. The molecule has 0 atom stereocenters. The number of nitrogens with zero attached hydrogens (tertiary/aromatic N) is 1. The molecule has 0 unspecified atom stereocenters. The van der Waals surface area contributed by atoms with E-state index in [1.54, 1.807) is 12.2 Å². The number of hydrazine groups is 2. The minimum atomic E-state index is -0.166. The highest BCUT2D eigenvalue weighted by Crippen LogP contribution is 1.99. The maximum atomic E-state index is 11.7. The van der Waals surface area contributed by atoms with Gasteiger partial charge in [-0.25, -0.2) is 16.0 Å². The van der Waals surface area contributed by atoms with Gasteiger partial charge in [0.25, 0.3) is 5.91 Å². The van der Waals surface area contributed by atoms with Crippen LogP contribution in [0.15, 0.2) is 37.5 Å². The van der Waals surface area contributed by atoms with Crippen molar-refractivity contribution in [1.82, 2.24) is 16.0 Å². The lowest BCUT2D eigenvalue weighted by Crippen LogP contribution is -2.52. The van der Waals surface area contributed by atoms with Gasteiger partial charge in [-0.05, 0) is 6.42 Å². The summed E-state index contributed by atoms with van der Waals surface area (Å²) in [5, 5.41) is 1.31. The van der Waals surface area contributed by atoms with Crippen LogP contribution in [0.1, 0.15) is 13.3 Å². The molecule has 4 heteroatoms. The van der Waals surface area contributed by atoms with Crippen LogP contribution < -0.4 is 10.9 Å². The van der Waals surface area contributed by atoms with Crippen LogP contribution in [0, 0.1) is 0 Å². The molecule has 0 bridgehead atoms. The highest BCUT2D eigenvalue weighted by atomic mass is 16.2. The molecule has 2 N–H and O–H groups in total. The Bertz CT molecular complexity index is 236. The quantitative estimate of drug-likeness (QED) is 0.358. The van der Waals surface area contributed by atoms with Crippen molar-refractivity contribution < 1.29 is 4.79 Å². The molecule has 0 aromatic heterocycles. The Balaban J connectivity index is 4.31. The molecule has 1 amide bonds. The maximum Gasteiger partial charge on any atom is 0.278 e. The second kappa shape index (κ2) is 7.96. The second-order valence-electron chi connectivity index (χ2n) is 2.90. The molecular weight excluding hydrogens is 190 g/mol. The number of nitrogens with one attached hydrogen (secondary N) is 2.